The van der Waals surface area contributed by atoms with Crippen molar-refractivity contribution in [3.8, 4) is 0 Å². The third kappa shape index (κ3) is 9.38. The number of hydrogen-bond acceptors (Lipinski definition) is 4. The predicted molar refractivity (Wildman–Crippen MR) is 33.5 cm³/mol. The molecule has 0 saturated carbocycles. The molecule has 1 amide bonds. The van der Waals surface area contributed by atoms with Gasteiger partial charge in [-0.25, -0.2) is 9.36 Å². The summed E-state index contributed by atoms with van der Waals surface area (Å²) < 4.78 is 18.0. The maximum Gasteiger partial charge on any atom is 0.469 e. The van der Waals surface area contributed by atoms with Gasteiger partial charge in [0.05, 0.1) is 6.61 Å². The zero-order chi connectivity index (χ0) is 8.91. The Labute approximate surface area is 62.3 Å². The molecule has 0 heterocycles. The molecule has 0 aromatic heterocycles. The van der Waals surface area contributed by atoms with E-state index in [1.54, 1.807) is 0 Å². The summed E-state index contributed by atoms with van der Waals surface area (Å²) in [4.78, 5) is 26.1. The van der Waals surface area contributed by atoms with Crippen molar-refractivity contribution >= 4 is 13.9 Å². The van der Waals surface area contributed by atoms with E-state index in [0.717, 1.165) is 0 Å². The first kappa shape index (κ1) is 10.4. The van der Waals surface area contributed by atoms with Gasteiger partial charge in [0.25, 0.3) is 0 Å². The summed E-state index contributed by atoms with van der Waals surface area (Å²) in [5, 5.41) is 0. The number of primary amides is 1. The van der Waals surface area contributed by atoms with Crippen molar-refractivity contribution < 1.29 is 28.4 Å². The molecule has 8 heteroatoms. The van der Waals surface area contributed by atoms with Crippen molar-refractivity contribution in [2.75, 3.05) is 13.2 Å². The summed E-state index contributed by atoms with van der Waals surface area (Å²) >= 11 is 0. The van der Waals surface area contributed by atoms with Gasteiger partial charge in [-0.05, 0) is 0 Å². The van der Waals surface area contributed by atoms with Gasteiger partial charge in [-0.1, -0.05) is 0 Å². The lowest BCUT2D eigenvalue weighted by Gasteiger charge is -2.03. The molecule has 0 unspecified atom stereocenters. The van der Waals surface area contributed by atoms with E-state index in [4.69, 9.17) is 9.79 Å². The van der Waals surface area contributed by atoms with Gasteiger partial charge in [0.15, 0.2) is 0 Å². The molecule has 0 aromatic rings. The highest BCUT2D eigenvalue weighted by Crippen LogP contribution is 2.35. The van der Waals surface area contributed by atoms with Crippen LogP contribution in [0.3, 0.4) is 0 Å². The zero-order valence-electron chi connectivity index (χ0n) is 5.47. The maximum absolute atomic E-state index is 9.98. The summed E-state index contributed by atoms with van der Waals surface area (Å²) in [5.74, 6) is 0. The molecule has 0 spiro atoms. The van der Waals surface area contributed by atoms with Gasteiger partial charge in [0.1, 0.15) is 6.61 Å². The van der Waals surface area contributed by atoms with Crippen LogP contribution < -0.4 is 5.73 Å². The standard InChI is InChI=1S/C3H8NO6P/c4-3(5)9-1-2-10-11(6,7)8/h1-2H2,(H2,4,5)(H2,6,7,8). The molecule has 0 aliphatic carbocycles. The molecular weight excluding hydrogens is 177 g/mol. The van der Waals surface area contributed by atoms with Crippen LogP contribution >= 0.6 is 7.82 Å². The Balaban J connectivity index is 3.29. The molecule has 0 rings (SSSR count). The Morgan fingerprint density at radius 2 is 2.00 bits per heavy atom. The number of phosphoric acid groups is 1. The minimum Gasteiger partial charge on any atom is -0.447 e. The van der Waals surface area contributed by atoms with E-state index in [9.17, 15) is 9.36 Å². The zero-order valence-corrected chi connectivity index (χ0v) is 6.36. The highest BCUT2D eigenvalue weighted by Gasteiger charge is 2.12. The normalized spacial score (nSPS) is 11.1. The average Bonchev–Trinajstić information content (AvgIpc) is 1.78. The van der Waals surface area contributed by atoms with Crippen molar-refractivity contribution in [3.63, 3.8) is 0 Å². The van der Waals surface area contributed by atoms with Gasteiger partial charge >= 0.3 is 13.9 Å². The predicted octanol–water partition coefficient (Wildman–Crippen LogP) is -0.809. The molecule has 66 valence electrons. The minimum atomic E-state index is -4.46. The van der Waals surface area contributed by atoms with Crippen LogP contribution in [0.2, 0.25) is 0 Å². The van der Waals surface area contributed by atoms with E-state index in [0.29, 0.717) is 0 Å². The second-order valence-corrected chi connectivity index (χ2v) is 2.73. The van der Waals surface area contributed by atoms with Crippen molar-refractivity contribution in [2.24, 2.45) is 5.73 Å². The molecule has 0 aliphatic heterocycles. The van der Waals surface area contributed by atoms with Crippen molar-refractivity contribution in [1.82, 2.24) is 0 Å². The number of amides is 1. The molecule has 0 aliphatic rings. The lowest BCUT2D eigenvalue weighted by Crippen LogP contribution is -2.16. The lowest BCUT2D eigenvalue weighted by molar-refractivity contribution is 0.117. The second kappa shape index (κ2) is 4.30. The average molecular weight is 185 g/mol. The molecule has 7 nitrogen and oxygen atoms in total. The third-order valence-electron chi connectivity index (χ3n) is 0.587. The molecule has 11 heavy (non-hydrogen) atoms. The molecule has 0 bridgehead atoms. The largest absolute Gasteiger partial charge is 0.469 e. The number of carbonyl (C=O) groups excluding carboxylic acids is 1. The first-order valence-corrected chi connectivity index (χ1v) is 4.07. The first-order valence-electron chi connectivity index (χ1n) is 2.54. The fourth-order valence-electron chi connectivity index (χ4n) is 0.298. The number of nitrogens with two attached hydrogens (primary N) is 1. The van der Waals surface area contributed by atoms with Crippen LogP contribution in [0.25, 0.3) is 0 Å². The van der Waals surface area contributed by atoms with Crippen LogP contribution in [0.4, 0.5) is 4.79 Å². The van der Waals surface area contributed by atoms with Gasteiger partial charge < -0.3 is 20.3 Å². The van der Waals surface area contributed by atoms with E-state index < -0.39 is 13.9 Å². The van der Waals surface area contributed by atoms with Crippen molar-refractivity contribution in [3.05, 3.63) is 0 Å². The van der Waals surface area contributed by atoms with Crippen LogP contribution in [0, 0.1) is 0 Å². The second-order valence-electron chi connectivity index (χ2n) is 1.49. The van der Waals surface area contributed by atoms with Crippen LogP contribution in [0.1, 0.15) is 0 Å². The van der Waals surface area contributed by atoms with Gasteiger partial charge in [-0.15, -0.1) is 0 Å². The van der Waals surface area contributed by atoms with E-state index in [-0.39, 0.29) is 13.2 Å². The highest BCUT2D eigenvalue weighted by molar-refractivity contribution is 7.46. The van der Waals surface area contributed by atoms with Gasteiger partial charge in [0.2, 0.25) is 0 Å². The molecular formula is C3H8NO6P. The SMILES string of the molecule is NC(=O)OCCOP(=O)(O)O. The Kier molecular flexibility index (Phi) is 4.06. The molecule has 0 aromatic carbocycles. The van der Waals surface area contributed by atoms with E-state index >= 15 is 0 Å². The highest BCUT2D eigenvalue weighted by atomic mass is 31.2. The van der Waals surface area contributed by atoms with Crippen molar-refractivity contribution in [1.29, 1.82) is 0 Å². The minimum absolute atomic E-state index is 0.277. The number of rotatable bonds is 4. The Hall–Kier alpha value is -0.620. The smallest absolute Gasteiger partial charge is 0.447 e. The number of ether oxygens (including phenoxy) is 1. The summed E-state index contributed by atoms with van der Waals surface area (Å²) in [6.07, 6.45) is -1.01. The lowest BCUT2D eigenvalue weighted by atomic mass is 10.8. The van der Waals surface area contributed by atoms with E-state index in [1.807, 2.05) is 0 Å². The number of phosphoric ester groups is 1. The third-order valence-corrected chi connectivity index (χ3v) is 1.11. The number of carbonyl (C=O) groups is 1. The summed E-state index contributed by atoms with van der Waals surface area (Å²) in [7, 11) is -4.46. The van der Waals surface area contributed by atoms with Crippen LogP contribution in [0.5, 0.6) is 0 Å². The summed E-state index contributed by atoms with van der Waals surface area (Å²) in [6.45, 7) is -0.659. The van der Waals surface area contributed by atoms with Crippen molar-refractivity contribution in [2.45, 2.75) is 0 Å². The maximum atomic E-state index is 9.98. The van der Waals surface area contributed by atoms with Gasteiger partial charge in [-0.3, -0.25) is 4.52 Å². The Morgan fingerprint density at radius 3 is 2.36 bits per heavy atom. The van der Waals surface area contributed by atoms with Crippen LogP contribution in [-0.2, 0) is 13.8 Å². The molecule has 0 saturated heterocycles. The Morgan fingerprint density at radius 1 is 1.45 bits per heavy atom. The monoisotopic (exact) mass is 185 g/mol. The quantitative estimate of drug-likeness (QED) is 0.389. The fourth-order valence-corrected chi connectivity index (χ4v) is 0.611. The number of hydrogen-bond donors (Lipinski definition) is 3. The Bertz CT molecular complexity index is 175. The fraction of sp³-hybridized carbons (Fsp3) is 0.667. The first-order chi connectivity index (χ1) is 4.92. The summed E-state index contributed by atoms with van der Waals surface area (Å²) in [6, 6.07) is 0. The molecule has 0 fully saturated rings. The molecule has 0 radical (unpaired) electrons. The topological polar surface area (TPSA) is 119 Å². The van der Waals surface area contributed by atoms with Gasteiger partial charge in [0, 0.05) is 0 Å². The van der Waals surface area contributed by atoms with E-state index in [2.05, 4.69) is 15.0 Å². The molecule has 4 N–H and O–H groups in total. The summed E-state index contributed by atoms with van der Waals surface area (Å²) in [5.41, 5.74) is 4.53. The van der Waals surface area contributed by atoms with E-state index in [1.165, 1.54) is 0 Å². The molecule has 0 atom stereocenters. The van der Waals surface area contributed by atoms with Crippen LogP contribution in [0.15, 0.2) is 0 Å². The van der Waals surface area contributed by atoms with Crippen LogP contribution in [-0.4, -0.2) is 29.1 Å². The van der Waals surface area contributed by atoms with Gasteiger partial charge in [-0.2, -0.15) is 0 Å².